The van der Waals surface area contributed by atoms with Crippen molar-refractivity contribution in [2.24, 2.45) is 0 Å². The van der Waals surface area contributed by atoms with Crippen LogP contribution in [0.25, 0.3) is 0 Å². The van der Waals surface area contributed by atoms with E-state index in [2.05, 4.69) is 15.9 Å². The summed E-state index contributed by atoms with van der Waals surface area (Å²) in [6, 6.07) is 2.51. The van der Waals surface area contributed by atoms with Crippen LogP contribution in [0.5, 0.6) is 0 Å². The summed E-state index contributed by atoms with van der Waals surface area (Å²) >= 11 is 3.00. The molecule has 1 aromatic carbocycles. The predicted molar refractivity (Wildman–Crippen MR) is 73.5 cm³/mol. The van der Waals surface area contributed by atoms with Gasteiger partial charge >= 0.3 is 0 Å². The minimum atomic E-state index is -0.659. The molecule has 0 atom stereocenters. The number of carbonyl (C=O) groups is 2. The summed E-state index contributed by atoms with van der Waals surface area (Å²) in [5.41, 5.74) is 0.496. The molecule has 0 fully saturated rings. The number of hydrogen-bond donors (Lipinski definition) is 0. The van der Waals surface area contributed by atoms with Gasteiger partial charge in [0.05, 0.1) is 35.5 Å². The number of anilines is 1. The second-order valence-electron chi connectivity index (χ2n) is 4.17. The molecule has 0 aliphatic carbocycles. The highest BCUT2D eigenvalue weighted by Gasteiger charge is 2.36. The molecule has 1 aromatic rings. The van der Waals surface area contributed by atoms with Gasteiger partial charge in [-0.25, -0.2) is 4.39 Å². The largest absolute Gasteiger partial charge is 0.382 e. The molecule has 0 saturated heterocycles. The number of rotatable bonds is 6. The number of halogens is 2. The van der Waals surface area contributed by atoms with Gasteiger partial charge in [-0.05, 0) is 28.1 Å². The summed E-state index contributed by atoms with van der Waals surface area (Å²) in [4.78, 5) is 24.9. The summed E-state index contributed by atoms with van der Waals surface area (Å²) in [7, 11) is 1.56. The van der Waals surface area contributed by atoms with Crippen LogP contribution in [-0.2, 0) is 14.3 Å². The summed E-state index contributed by atoms with van der Waals surface area (Å²) in [5, 5.41) is 0. The first kappa shape index (κ1) is 15.1. The van der Waals surface area contributed by atoms with Crippen LogP contribution in [0, 0.1) is 5.82 Å². The molecule has 0 bridgehead atoms. The van der Waals surface area contributed by atoms with Crippen LogP contribution >= 0.6 is 15.9 Å². The van der Waals surface area contributed by atoms with E-state index in [0.717, 1.165) is 0 Å². The number of Topliss-reactive ketones (excluding diaryl/α,β-unsaturated/α-hetero) is 1. The fourth-order valence-electron chi connectivity index (χ4n) is 1.91. The number of hydrogen-bond acceptors (Lipinski definition) is 4. The molecule has 1 aliphatic rings. The Balaban J connectivity index is 2.10. The Morgan fingerprint density at radius 2 is 2.00 bits per heavy atom. The van der Waals surface area contributed by atoms with Crippen molar-refractivity contribution >= 4 is 33.3 Å². The minimum Gasteiger partial charge on any atom is -0.382 e. The number of amides is 1. The second-order valence-corrected chi connectivity index (χ2v) is 5.03. The number of ketones is 1. The van der Waals surface area contributed by atoms with Gasteiger partial charge in [0.2, 0.25) is 0 Å². The van der Waals surface area contributed by atoms with Crippen LogP contribution in [0.15, 0.2) is 16.6 Å². The van der Waals surface area contributed by atoms with Crippen molar-refractivity contribution in [2.45, 2.75) is 0 Å². The van der Waals surface area contributed by atoms with Crippen molar-refractivity contribution in [3.05, 3.63) is 28.0 Å². The zero-order chi connectivity index (χ0) is 14.7. The molecule has 108 valence electrons. The van der Waals surface area contributed by atoms with E-state index in [9.17, 15) is 14.0 Å². The van der Waals surface area contributed by atoms with Crippen LogP contribution in [0.4, 0.5) is 10.1 Å². The highest BCUT2D eigenvalue weighted by molar-refractivity contribution is 9.10. The molecule has 2 rings (SSSR count). The lowest BCUT2D eigenvalue weighted by molar-refractivity contribution is -0.114. The maximum atomic E-state index is 13.5. The standard InChI is InChI=1S/C13H13BrFNO4/c1-19-4-5-20-3-2-16-11-7-10(15)9(14)6-8(11)12(17)13(16)18/h6-7H,2-5H2,1H3. The molecular weight excluding hydrogens is 333 g/mol. The van der Waals surface area contributed by atoms with E-state index in [0.29, 0.717) is 13.2 Å². The first-order valence-corrected chi connectivity index (χ1v) is 6.77. The summed E-state index contributed by atoms with van der Waals surface area (Å²) < 4.78 is 23.8. The van der Waals surface area contributed by atoms with E-state index in [4.69, 9.17) is 9.47 Å². The topological polar surface area (TPSA) is 55.8 Å². The molecule has 0 aromatic heterocycles. The Labute approximate surface area is 123 Å². The lowest BCUT2D eigenvalue weighted by Crippen LogP contribution is -2.33. The van der Waals surface area contributed by atoms with Gasteiger partial charge < -0.3 is 14.4 Å². The molecule has 1 aliphatic heterocycles. The summed E-state index contributed by atoms with van der Waals surface area (Å²) in [5.74, 6) is -1.80. The van der Waals surface area contributed by atoms with Crippen LogP contribution in [0.2, 0.25) is 0 Å². The van der Waals surface area contributed by atoms with Gasteiger partial charge in [0.1, 0.15) is 5.82 Å². The lowest BCUT2D eigenvalue weighted by atomic mass is 10.1. The van der Waals surface area contributed by atoms with Crippen LogP contribution in [0.3, 0.4) is 0 Å². The van der Waals surface area contributed by atoms with Gasteiger partial charge in [-0.15, -0.1) is 0 Å². The summed E-state index contributed by atoms with van der Waals surface area (Å²) in [6.07, 6.45) is 0. The van der Waals surface area contributed by atoms with E-state index in [1.165, 1.54) is 17.0 Å². The third-order valence-corrected chi connectivity index (χ3v) is 3.51. The molecular formula is C13H13BrFNO4. The van der Waals surface area contributed by atoms with E-state index >= 15 is 0 Å². The van der Waals surface area contributed by atoms with Crippen molar-refractivity contribution in [3.8, 4) is 0 Å². The number of benzene rings is 1. The normalized spacial score (nSPS) is 14.1. The average Bonchev–Trinajstić information content (AvgIpc) is 2.64. The molecule has 0 N–H and O–H groups in total. The summed E-state index contributed by atoms with van der Waals surface area (Å²) in [6.45, 7) is 1.29. The van der Waals surface area contributed by atoms with E-state index in [1.54, 1.807) is 7.11 Å². The molecule has 20 heavy (non-hydrogen) atoms. The third-order valence-electron chi connectivity index (χ3n) is 2.90. The Hall–Kier alpha value is -1.31. The molecule has 5 nitrogen and oxygen atoms in total. The quantitative estimate of drug-likeness (QED) is 0.582. The van der Waals surface area contributed by atoms with Crippen molar-refractivity contribution in [2.75, 3.05) is 38.4 Å². The van der Waals surface area contributed by atoms with Crippen molar-refractivity contribution in [3.63, 3.8) is 0 Å². The fourth-order valence-corrected chi connectivity index (χ4v) is 2.25. The minimum absolute atomic E-state index is 0.163. The number of methoxy groups -OCH3 is 1. The second kappa shape index (κ2) is 6.43. The predicted octanol–water partition coefficient (Wildman–Crippen LogP) is 1.78. The number of ether oxygens (including phenoxy) is 2. The SMILES string of the molecule is COCCOCCN1C(=O)C(=O)c2cc(Br)c(F)cc21. The van der Waals surface area contributed by atoms with Gasteiger partial charge in [0.15, 0.2) is 0 Å². The molecule has 7 heteroatoms. The Morgan fingerprint density at radius 1 is 1.25 bits per heavy atom. The maximum absolute atomic E-state index is 13.5. The highest BCUT2D eigenvalue weighted by atomic mass is 79.9. The maximum Gasteiger partial charge on any atom is 0.299 e. The van der Waals surface area contributed by atoms with E-state index in [1.807, 2.05) is 0 Å². The first-order valence-electron chi connectivity index (χ1n) is 5.98. The average molecular weight is 346 g/mol. The van der Waals surface area contributed by atoms with Crippen LogP contribution in [0.1, 0.15) is 10.4 Å². The van der Waals surface area contributed by atoms with Gasteiger partial charge in [0.25, 0.3) is 11.7 Å². The zero-order valence-electron chi connectivity index (χ0n) is 10.8. The molecule has 0 saturated carbocycles. The highest BCUT2D eigenvalue weighted by Crippen LogP contribution is 2.32. The van der Waals surface area contributed by atoms with Crippen molar-refractivity contribution in [1.29, 1.82) is 0 Å². The lowest BCUT2D eigenvalue weighted by Gasteiger charge is -2.16. The fraction of sp³-hybridized carbons (Fsp3) is 0.385. The molecule has 0 unspecified atom stereocenters. The Morgan fingerprint density at radius 3 is 2.70 bits per heavy atom. The Bertz CT molecular complexity index is 549. The van der Waals surface area contributed by atoms with Crippen molar-refractivity contribution in [1.82, 2.24) is 0 Å². The van der Waals surface area contributed by atoms with Gasteiger partial charge in [-0.3, -0.25) is 9.59 Å². The van der Waals surface area contributed by atoms with Gasteiger partial charge in [0, 0.05) is 13.7 Å². The van der Waals surface area contributed by atoms with E-state index in [-0.39, 0.29) is 28.9 Å². The number of carbonyl (C=O) groups excluding carboxylic acids is 2. The third kappa shape index (κ3) is 2.89. The number of nitrogens with zero attached hydrogens (tertiary/aromatic N) is 1. The Kier molecular flexibility index (Phi) is 4.85. The van der Waals surface area contributed by atoms with Crippen LogP contribution in [-0.4, -0.2) is 45.2 Å². The van der Waals surface area contributed by atoms with Crippen LogP contribution < -0.4 is 4.90 Å². The molecule has 0 radical (unpaired) electrons. The van der Waals surface area contributed by atoms with E-state index < -0.39 is 17.5 Å². The smallest absolute Gasteiger partial charge is 0.299 e. The monoisotopic (exact) mass is 345 g/mol. The molecule has 1 heterocycles. The molecule has 1 amide bonds. The number of fused-ring (bicyclic) bond motifs is 1. The molecule has 0 spiro atoms. The zero-order valence-corrected chi connectivity index (χ0v) is 12.4. The van der Waals surface area contributed by atoms with Crippen molar-refractivity contribution < 1.29 is 23.5 Å². The first-order chi connectivity index (χ1) is 9.56. The van der Waals surface area contributed by atoms with Gasteiger partial charge in [-0.2, -0.15) is 0 Å². The van der Waals surface area contributed by atoms with Gasteiger partial charge in [-0.1, -0.05) is 0 Å².